The van der Waals surface area contributed by atoms with Gasteiger partial charge in [0.05, 0.1) is 22.7 Å². The van der Waals surface area contributed by atoms with Crippen molar-refractivity contribution in [2.24, 2.45) is 34.5 Å². The maximum atomic E-state index is 13.7. The molecule has 0 bridgehead atoms. The first-order valence-electron chi connectivity index (χ1n) is 35.9. The summed E-state index contributed by atoms with van der Waals surface area (Å²) in [7, 11) is 0. The average molecular weight is 1830 g/mol. The molecule has 0 rings (SSSR count). The molecule has 0 spiro atoms. The Morgan fingerprint density at radius 2 is 0.480 bits per heavy atom. The molecule has 0 aliphatic rings. The van der Waals surface area contributed by atoms with Crippen molar-refractivity contribution >= 4 is 77.6 Å². The van der Waals surface area contributed by atoms with E-state index in [2.05, 4.69) is 85.0 Å². The Kier molecular flexibility index (Phi) is 48.1. The summed E-state index contributed by atoms with van der Waals surface area (Å²) >= 11 is 0. The molecular formula is C76H105F21O26. The molecule has 0 aliphatic heterocycles. The lowest BCUT2D eigenvalue weighted by Crippen LogP contribution is -2.62. The van der Waals surface area contributed by atoms with E-state index in [1.165, 1.54) is 96.9 Å². The van der Waals surface area contributed by atoms with Crippen LogP contribution in [0.3, 0.4) is 0 Å². The van der Waals surface area contributed by atoms with Crippen molar-refractivity contribution in [3.05, 3.63) is 60.8 Å². The number of hydrogen-bond donors (Lipinski definition) is 0. The number of esters is 13. The maximum absolute atomic E-state index is 13.7. The normalized spacial score (nSPS) is 14.2. The second kappa shape index (κ2) is 48.6. The number of carbonyl (C=O) groups excluding carboxylic acids is 13. The summed E-state index contributed by atoms with van der Waals surface area (Å²) in [4.78, 5) is 149. The van der Waals surface area contributed by atoms with Crippen LogP contribution in [0.4, 0.5) is 92.2 Å². The predicted octanol–water partition coefficient (Wildman–Crippen LogP) is 16.6. The zero-order chi connectivity index (χ0) is 99.1. The highest BCUT2D eigenvalue weighted by molar-refractivity contribution is 5.90. The number of halogens is 21. The van der Waals surface area contributed by atoms with Gasteiger partial charge in [0.2, 0.25) is 0 Å². The van der Waals surface area contributed by atoms with E-state index in [-0.39, 0.29) is 40.7 Å². The van der Waals surface area contributed by atoms with Crippen LogP contribution in [0.15, 0.2) is 60.8 Å². The second-order valence-corrected chi connectivity index (χ2v) is 30.7. The van der Waals surface area contributed by atoms with E-state index < -0.39 is 248 Å². The Labute approximate surface area is 695 Å². The molecule has 123 heavy (non-hydrogen) atoms. The Morgan fingerprint density at radius 3 is 0.683 bits per heavy atom. The summed E-state index contributed by atoms with van der Waals surface area (Å²) in [5, 5.41) is 0. The molecule has 0 saturated carbocycles. The van der Waals surface area contributed by atoms with Crippen LogP contribution in [0.5, 0.6) is 0 Å². The lowest BCUT2D eigenvalue weighted by molar-refractivity contribution is -0.377. The Hall–Kier alpha value is -9.66. The molecule has 0 fully saturated rings. The van der Waals surface area contributed by atoms with E-state index >= 15 is 0 Å². The highest BCUT2D eigenvalue weighted by Gasteiger charge is 2.77. The largest absolute Gasteiger partial charge is 0.459 e. The fourth-order valence-electron chi connectivity index (χ4n) is 7.42. The van der Waals surface area contributed by atoms with Gasteiger partial charge in [-0.1, -0.05) is 88.3 Å². The highest BCUT2D eigenvalue weighted by atomic mass is 19.4. The topological polar surface area (TPSA) is 342 Å². The molecule has 712 valence electrons. The van der Waals surface area contributed by atoms with E-state index in [9.17, 15) is 155 Å². The Morgan fingerprint density at radius 1 is 0.268 bits per heavy atom. The Balaban J connectivity index is -0.000000473. The van der Waals surface area contributed by atoms with Gasteiger partial charge in [0, 0.05) is 47.6 Å². The van der Waals surface area contributed by atoms with Crippen molar-refractivity contribution in [1.82, 2.24) is 0 Å². The molecule has 0 heterocycles. The van der Waals surface area contributed by atoms with E-state index in [1.54, 1.807) is 0 Å². The van der Waals surface area contributed by atoms with Gasteiger partial charge in [0.15, 0.2) is 0 Å². The van der Waals surface area contributed by atoms with Crippen LogP contribution in [-0.4, -0.2) is 201 Å². The van der Waals surface area contributed by atoms with E-state index in [0.717, 1.165) is 41.5 Å². The first-order valence-corrected chi connectivity index (χ1v) is 35.9. The summed E-state index contributed by atoms with van der Waals surface area (Å²) in [5.74, 6) is -19.9. The molecule has 5 unspecified atom stereocenters. The van der Waals surface area contributed by atoms with E-state index in [0.29, 0.717) is 20.8 Å². The van der Waals surface area contributed by atoms with Gasteiger partial charge in [0.25, 0.3) is 16.8 Å². The minimum Gasteiger partial charge on any atom is -0.459 e. The van der Waals surface area contributed by atoms with Gasteiger partial charge in [-0.2, -0.15) is 92.2 Å². The first kappa shape index (κ1) is 122. The van der Waals surface area contributed by atoms with Crippen LogP contribution in [0.2, 0.25) is 0 Å². The molecule has 47 heteroatoms. The monoisotopic (exact) mass is 1830 g/mol. The summed E-state index contributed by atoms with van der Waals surface area (Å²) in [6.45, 7) is 40.0. The number of alkyl halides is 21. The molecule has 0 aromatic carbocycles. The van der Waals surface area contributed by atoms with Gasteiger partial charge in [-0.3, -0.25) is 24.0 Å². The minimum atomic E-state index is -5.99. The standard InChI is InChI=1S/C18H26F6O4.C17H24F6O4.C15H21F3O6.C14H19F3O6.C12H15F3O6/c1-10(2)8-12(27-13(25)11(3)4)9-16(17(19,20)21,18(22,23)24)28-14(26)15(5,6)7;1-9(2)7-12(26-13(24)10(3)4)8-15(16(18,19)20,17(21,22)23)27-14(25)11(5)6;1-9(2)10(19)22-7-8-23-12(21)14(6,15(16,17)18)24-11(20)13(3,4)5;1-8(2)10(18)21-6-7-22-12(20)13(5,14(15,16)17)23-11(19)9(3)4;1-7(2)9(17)19-5-6-20-10(18)11(4,12(13,14)15)21-8(3)16/h10,12H,3,8-9H2,1-2,4-7H3;9,11-12H,3,7-8H2,1-2,4-6H3;1,7-8H2,2-6H3;9H,1,6-7H2,2-5H3;1,5-6H2,2-4H3. The van der Waals surface area contributed by atoms with E-state index in [4.69, 9.17) is 9.47 Å². The van der Waals surface area contributed by atoms with Crippen molar-refractivity contribution in [2.45, 2.75) is 268 Å². The highest BCUT2D eigenvalue weighted by Crippen LogP contribution is 2.52. The molecule has 5 atom stereocenters. The zero-order valence-electron chi connectivity index (χ0n) is 71.6. The molecule has 0 aromatic rings. The third kappa shape index (κ3) is 40.7. The summed E-state index contributed by atoms with van der Waals surface area (Å²) in [5.41, 5.74) is -22.9. The third-order valence-electron chi connectivity index (χ3n) is 14.7. The van der Waals surface area contributed by atoms with Gasteiger partial charge in [-0.15, -0.1) is 0 Å². The third-order valence-corrected chi connectivity index (χ3v) is 14.7. The second-order valence-electron chi connectivity index (χ2n) is 30.7. The quantitative estimate of drug-likeness (QED) is 0.0190. The molecule has 0 aromatic heterocycles. The summed E-state index contributed by atoms with van der Waals surface area (Å²) < 4.78 is 337. The minimum absolute atomic E-state index is 0.0839. The zero-order valence-corrected chi connectivity index (χ0v) is 71.6. The maximum Gasteiger partial charge on any atom is 0.439 e. The van der Waals surface area contributed by atoms with Crippen molar-refractivity contribution in [2.75, 3.05) is 39.6 Å². The lowest BCUT2D eigenvalue weighted by atomic mass is 9.89. The number of ether oxygens (including phenoxy) is 13. The van der Waals surface area contributed by atoms with Crippen LogP contribution in [0.1, 0.15) is 185 Å². The molecule has 26 nitrogen and oxygen atoms in total. The van der Waals surface area contributed by atoms with Crippen molar-refractivity contribution in [3.8, 4) is 0 Å². The Bertz CT molecular complexity index is 3630. The summed E-state index contributed by atoms with van der Waals surface area (Å²) in [6, 6.07) is 0. The van der Waals surface area contributed by atoms with Gasteiger partial charge < -0.3 is 61.6 Å². The first-order chi connectivity index (χ1) is 54.6. The van der Waals surface area contributed by atoms with Crippen molar-refractivity contribution in [3.63, 3.8) is 0 Å². The summed E-state index contributed by atoms with van der Waals surface area (Å²) in [6.07, 6.45) is -47.2. The fraction of sp³-hybridized carbons (Fsp3) is 0.697. The van der Waals surface area contributed by atoms with Crippen LogP contribution in [-0.2, 0) is 124 Å². The average Bonchev–Trinajstić information content (AvgIpc) is 0.750. The lowest BCUT2D eigenvalue weighted by Gasteiger charge is -2.40. The smallest absolute Gasteiger partial charge is 0.439 e. The van der Waals surface area contributed by atoms with Crippen LogP contribution in [0, 0.1) is 34.5 Å². The van der Waals surface area contributed by atoms with Gasteiger partial charge in [-0.25, -0.2) is 38.4 Å². The van der Waals surface area contributed by atoms with Gasteiger partial charge in [-0.05, 0) is 122 Å². The fourth-order valence-corrected chi connectivity index (χ4v) is 7.42. The van der Waals surface area contributed by atoms with Crippen molar-refractivity contribution in [1.29, 1.82) is 0 Å². The molecule has 0 saturated heterocycles. The molecule has 0 N–H and O–H groups in total. The van der Waals surface area contributed by atoms with Crippen molar-refractivity contribution < 1.29 is 216 Å². The molecular weight excluding hydrogens is 1730 g/mol. The van der Waals surface area contributed by atoms with Gasteiger partial charge >= 0.3 is 132 Å². The van der Waals surface area contributed by atoms with Crippen LogP contribution in [0.25, 0.3) is 0 Å². The van der Waals surface area contributed by atoms with Crippen LogP contribution < -0.4 is 0 Å². The number of hydrogen-bond acceptors (Lipinski definition) is 26. The molecule has 0 amide bonds. The number of carbonyl (C=O) groups is 13. The predicted molar refractivity (Wildman–Crippen MR) is 386 cm³/mol. The molecule has 0 radical (unpaired) electrons. The van der Waals surface area contributed by atoms with Gasteiger partial charge in [0.1, 0.15) is 51.8 Å². The van der Waals surface area contributed by atoms with E-state index in [1.807, 2.05) is 0 Å². The number of rotatable bonds is 34. The SMILES string of the molecule is C=C(C)C(=O)OC(CC(C)C)CC(OC(=O)C(C)(C)C)(C(F)(F)F)C(F)(F)F.C=C(C)C(=O)OC(CC(C)C)CC(OC(=O)C(C)C)(C(F)(F)F)C(F)(F)F.C=C(C)C(=O)OCCOC(=O)C(C)(OC(=O)C(C)(C)C)C(F)(F)F.C=C(C)C(=O)OCCOC(=O)C(C)(OC(=O)C(C)C)C(F)(F)F.C=C(C)C(=O)OCCOC(=O)C(C)(OC(C)=O)C(F)(F)F. The molecule has 0 aliphatic carbocycles. The van der Waals surface area contributed by atoms with Crippen LogP contribution >= 0.6 is 0 Å².